The number of benzene rings is 3. The lowest BCUT2D eigenvalue weighted by molar-refractivity contribution is 0.353. The van der Waals surface area contributed by atoms with Crippen molar-refractivity contribution in [2.45, 2.75) is 36.6 Å². The molecule has 2 atom stereocenters. The van der Waals surface area contributed by atoms with Gasteiger partial charge in [0.2, 0.25) is 10.0 Å². The summed E-state index contributed by atoms with van der Waals surface area (Å²) in [7, 11) is -0.446. The van der Waals surface area contributed by atoms with Gasteiger partial charge in [0.1, 0.15) is 0 Å². The molecule has 0 saturated heterocycles. The minimum atomic E-state index is -3.65. The van der Waals surface area contributed by atoms with Crippen molar-refractivity contribution in [3.05, 3.63) is 89.0 Å². The largest absolute Gasteiger partial charge is 0.493 e. The predicted octanol–water partition coefficient (Wildman–Crippen LogP) is 4.44. The van der Waals surface area contributed by atoms with E-state index in [1.165, 1.54) is 5.56 Å². The molecular formula is C25H27NO4S. The zero-order valence-corrected chi connectivity index (χ0v) is 18.8. The van der Waals surface area contributed by atoms with Crippen LogP contribution in [0.4, 0.5) is 0 Å². The molecule has 0 amide bonds. The molecule has 1 aliphatic carbocycles. The minimum absolute atomic E-state index is 0.134. The molecule has 0 saturated carbocycles. The van der Waals surface area contributed by atoms with Crippen molar-refractivity contribution in [2.24, 2.45) is 0 Å². The molecule has 3 aromatic rings. The second kappa shape index (κ2) is 8.73. The highest BCUT2D eigenvalue weighted by molar-refractivity contribution is 7.89. The molecule has 0 spiro atoms. The van der Waals surface area contributed by atoms with Crippen LogP contribution in [0.1, 0.15) is 34.6 Å². The van der Waals surface area contributed by atoms with Crippen molar-refractivity contribution < 1.29 is 17.9 Å². The van der Waals surface area contributed by atoms with E-state index in [1.54, 1.807) is 26.4 Å². The smallest absolute Gasteiger partial charge is 0.240 e. The van der Waals surface area contributed by atoms with E-state index in [9.17, 15) is 8.42 Å². The lowest BCUT2D eigenvalue weighted by Crippen LogP contribution is -2.42. The zero-order chi connectivity index (χ0) is 22.0. The first-order valence-corrected chi connectivity index (χ1v) is 11.8. The van der Waals surface area contributed by atoms with Gasteiger partial charge >= 0.3 is 0 Å². The average Bonchev–Trinajstić information content (AvgIpc) is 2.78. The quantitative estimate of drug-likeness (QED) is 0.619. The first-order valence-electron chi connectivity index (χ1n) is 10.3. The highest BCUT2D eigenvalue weighted by atomic mass is 32.2. The molecule has 0 fully saturated rings. The Morgan fingerprint density at radius 1 is 0.903 bits per heavy atom. The van der Waals surface area contributed by atoms with Gasteiger partial charge in [-0.25, -0.2) is 13.1 Å². The van der Waals surface area contributed by atoms with E-state index in [4.69, 9.17) is 9.47 Å². The number of methoxy groups -OCH3 is 2. The van der Waals surface area contributed by atoms with E-state index in [0.717, 1.165) is 23.1 Å². The van der Waals surface area contributed by atoms with Crippen LogP contribution >= 0.6 is 0 Å². The van der Waals surface area contributed by atoms with Crippen LogP contribution in [0.2, 0.25) is 0 Å². The van der Waals surface area contributed by atoms with E-state index in [1.807, 2.05) is 49.4 Å². The summed E-state index contributed by atoms with van der Waals surface area (Å²) < 4.78 is 40.2. The van der Waals surface area contributed by atoms with E-state index in [2.05, 4.69) is 16.9 Å². The summed E-state index contributed by atoms with van der Waals surface area (Å²) in [6, 6.07) is 20.7. The monoisotopic (exact) mass is 437 g/mol. The first-order chi connectivity index (χ1) is 14.9. The van der Waals surface area contributed by atoms with Crippen LogP contribution in [-0.4, -0.2) is 28.7 Å². The van der Waals surface area contributed by atoms with Gasteiger partial charge < -0.3 is 9.47 Å². The molecule has 3 aromatic carbocycles. The summed E-state index contributed by atoms with van der Waals surface area (Å²) >= 11 is 0. The van der Waals surface area contributed by atoms with Gasteiger partial charge in [0.25, 0.3) is 0 Å². The van der Waals surface area contributed by atoms with Crippen molar-refractivity contribution >= 4 is 10.0 Å². The van der Waals surface area contributed by atoms with Crippen molar-refractivity contribution in [2.75, 3.05) is 14.2 Å². The Balaban J connectivity index is 1.76. The molecule has 5 nitrogen and oxygen atoms in total. The summed E-state index contributed by atoms with van der Waals surface area (Å²) in [6.45, 7) is 1.94. The van der Waals surface area contributed by atoms with Crippen LogP contribution in [0.25, 0.3) is 0 Å². The number of ether oxygens (including phenoxy) is 2. The maximum atomic E-state index is 13.2. The number of aryl methyl sites for hydroxylation is 2. The number of hydrogen-bond donors (Lipinski definition) is 1. The number of rotatable bonds is 6. The Morgan fingerprint density at radius 3 is 2.32 bits per heavy atom. The summed E-state index contributed by atoms with van der Waals surface area (Å²) in [6.07, 6.45) is 1.53. The highest BCUT2D eigenvalue weighted by Gasteiger charge is 2.34. The number of nitrogens with one attached hydrogen (secondary N) is 1. The topological polar surface area (TPSA) is 64.6 Å². The fraction of sp³-hybridized carbons (Fsp3) is 0.280. The molecule has 1 aliphatic rings. The summed E-state index contributed by atoms with van der Waals surface area (Å²) in [5, 5.41) is 0. The molecule has 0 radical (unpaired) electrons. The minimum Gasteiger partial charge on any atom is -0.493 e. The van der Waals surface area contributed by atoms with Crippen molar-refractivity contribution in [3.8, 4) is 11.5 Å². The Morgan fingerprint density at radius 2 is 1.61 bits per heavy atom. The average molecular weight is 438 g/mol. The van der Waals surface area contributed by atoms with Gasteiger partial charge in [0.05, 0.1) is 19.1 Å². The number of fused-ring (bicyclic) bond motifs is 1. The van der Waals surface area contributed by atoms with Gasteiger partial charge in [0, 0.05) is 12.0 Å². The van der Waals surface area contributed by atoms with Gasteiger partial charge in [-0.15, -0.1) is 0 Å². The molecule has 4 rings (SSSR count). The summed E-state index contributed by atoms with van der Waals surface area (Å²) in [5.74, 6) is 1.14. The van der Waals surface area contributed by atoms with Crippen molar-refractivity contribution in [1.82, 2.24) is 4.72 Å². The maximum Gasteiger partial charge on any atom is 0.240 e. The lowest BCUT2D eigenvalue weighted by Gasteiger charge is -2.34. The number of hydrogen-bond acceptors (Lipinski definition) is 4. The van der Waals surface area contributed by atoms with Crippen LogP contribution in [-0.2, 0) is 16.4 Å². The Labute approximate surface area is 184 Å². The Hall–Kier alpha value is -2.83. The van der Waals surface area contributed by atoms with Gasteiger partial charge in [-0.2, -0.15) is 0 Å². The van der Waals surface area contributed by atoms with Crippen LogP contribution in [0.5, 0.6) is 11.5 Å². The SMILES string of the molecule is COc1ccc(C2c3ccccc3CCC2NS(=O)(=O)c2ccc(C)cc2)cc1OC. The van der Waals surface area contributed by atoms with Crippen LogP contribution < -0.4 is 14.2 Å². The summed E-state index contributed by atoms with van der Waals surface area (Å²) in [5.41, 5.74) is 4.39. The standard InChI is InChI=1S/C25H27NO4S/c1-17-8-12-20(13-9-17)31(27,28)26-22-14-10-18-6-4-5-7-21(18)25(22)19-11-15-23(29-2)24(16-19)30-3/h4-9,11-13,15-16,22,25-26H,10,14H2,1-3H3. The number of sulfonamides is 1. The predicted molar refractivity (Wildman–Crippen MR) is 121 cm³/mol. The van der Waals surface area contributed by atoms with E-state index in [0.29, 0.717) is 17.9 Å². The van der Waals surface area contributed by atoms with E-state index < -0.39 is 10.0 Å². The molecule has 162 valence electrons. The molecule has 0 aliphatic heterocycles. The Kier molecular flexibility index (Phi) is 6.03. The van der Waals surface area contributed by atoms with Crippen molar-refractivity contribution in [1.29, 1.82) is 0 Å². The normalized spacial score (nSPS) is 18.3. The van der Waals surface area contributed by atoms with Gasteiger partial charge in [-0.1, -0.05) is 48.0 Å². The third-order valence-electron chi connectivity index (χ3n) is 5.92. The Bertz CT molecular complexity index is 1170. The molecule has 6 heteroatoms. The second-order valence-electron chi connectivity index (χ2n) is 7.87. The molecule has 2 unspecified atom stereocenters. The van der Waals surface area contributed by atoms with Crippen LogP contribution in [0, 0.1) is 6.92 Å². The molecule has 0 bridgehead atoms. The highest BCUT2D eigenvalue weighted by Crippen LogP contribution is 2.40. The molecular weight excluding hydrogens is 410 g/mol. The van der Waals surface area contributed by atoms with E-state index in [-0.39, 0.29) is 16.9 Å². The van der Waals surface area contributed by atoms with Gasteiger partial charge in [-0.05, 0) is 60.7 Å². The van der Waals surface area contributed by atoms with Crippen molar-refractivity contribution in [3.63, 3.8) is 0 Å². The third-order valence-corrected chi connectivity index (χ3v) is 7.43. The molecule has 0 heterocycles. The fourth-order valence-electron chi connectivity index (χ4n) is 4.33. The summed E-state index contributed by atoms with van der Waals surface area (Å²) in [4.78, 5) is 0.281. The second-order valence-corrected chi connectivity index (χ2v) is 9.58. The molecule has 31 heavy (non-hydrogen) atoms. The molecule has 0 aromatic heterocycles. The van der Waals surface area contributed by atoms with E-state index >= 15 is 0 Å². The zero-order valence-electron chi connectivity index (χ0n) is 18.0. The van der Waals surface area contributed by atoms with Crippen LogP contribution in [0.15, 0.2) is 71.6 Å². The lowest BCUT2D eigenvalue weighted by atomic mass is 9.76. The third kappa shape index (κ3) is 4.31. The van der Waals surface area contributed by atoms with Gasteiger partial charge in [0.15, 0.2) is 11.5 Å². The molecule has 1 N–H and O–H groups in total. The van der Waals surface area contributed by atoms with Gasteiger partial charge in [-0.3, -0.25) is 0 Å². The van der Waals surface area contributed by atoms with Crippen LogP contribution in [0.3, 0.4) is 0 Å². The maximum absolute atomic E-state index is 13.2. The first kappa shape index (κ1) is 21.4. The fourth-order valence-corrected chi connectivity index (χ4v) is 5.61.